The fourth-order valence-corrected chi connectivity index (χ4v) is 2.03. The van der Waals surface area contributed by atoms with E-state index >= 15 is 0 Å². The smallest absolute Gasteiger partial charge is 0.0593 e. The summed E-state index contributed by atoms with van der Waals surface area (Å²) in [5, 5.41) is 3.59. The van der Waals surface area contributed by atoms with Gasteiger partial charge in [0.05, 0.1) is 13.2 Å². The SMILES string of the molecule is C=CCCOCCN1CCNC(C)(CC)C1. The van der Waals surface area contributed by atoms with E-state index in [1.807, 2.05) is 6.08 Å². The summed E-state index contributed by atoms with van der Waals surface area (Å²) in [5.41, 5.74) is 0.291. The van der Waals surface area contributed by atoms with E-state index in [0.29, 0.717) is 5.54 Å². The van der Waals surface area contributed by atoms with Gasteiger partial charge in [-0.1, -0.05) is 13.0 Å². The summed E-state index contributed by atoms with van der Waals surface area (Å²) in [7, 11) is 0. The second-order valence-corrected chi connectivity index (χ2v) is 4.81. The second-order valence-electron chi connectivity index (χ2n) is 4.81. The van der Waals surface area contributed by atoms with Crippen LogP contribution in [0.2, 0.25) is 0 Å². The Kier molecular flexibility index (Phi) is 6.03. The standard InChI is InChI=1S/C13H26N2O/c1-4-6-10-16-11-9-15-8-7-14-13(3,5-2)12-15/h4,14H,1,5-12H2,2-3H3. The third-order valence-corrected chi connectivity index (χ3v) is 3.35. The molecule has 1 aliphatic heterocycles. The van der Waals surface area contributed by atoms with Gasteiger partial charge in [0.1, 0.15) is 0 Å². The minimum atomic E-state index is 0.291. The van der Waals surface area contributed by atoms with Gasteiger partial charge in [0.2, 0.25) is 0 Å². The molecular weight excluding hydrogens is 200 g/mol. The first-order chi connectivity index (χ1) is 7.70. The Morgan fingerprint density at radius 1 is 1.50 bits per heavy atom. The third-order valence-electron chi connectivity index (χ3n) is 3.35. The maximum absolute atomic E-state index is 5.55. The number of piperazine rings is 1. The zero-order chi connectivity index (χ0) is 11.9. The first kappa shape index (κ1) is 13.7. The molecule has 1 aliphatic rings. The van der Waals surface area contributed by atoms with Crippen LogP contribution in [0.15, 0.2) is 12.7 Å². The van der Waals surface area contributed by atoms with Crippen molar-refractivity contribution in [3.05, 3.63) is 12.7 Å². The lowest BCUT2D eigenvalue weighted by molar-refractivity contribution is 0.0774. The van der Waals surface area contributed by atoms with E-state index in [4.69, 9.17) is 4.74 Å². The van der Waals surface area contributed by atoms with Crippen LogP contribution in [0.25, 0.3) is 0 Å². The summed E-state index contributed by atoms with van der Waals surface area (Å²) >= 11 is 0. The predicted molar refractivity (Wildman–Crippen MR) is 68.8 cm³/mol. The number of hydrogen-bond acceptors (Lipinski definition) is 3. The van der Waals surface area contributed by atoms with Crippen molar-refractivity contribution in [2.45, 2.75) is 32.2 Å². The van der Waals surface area contributed by atoms with Crippen LogP contribution in [-0.2, 0) is 4.74 Å². The molecule has 0 aliphatic carbocycles. The minimum absolute atomic E-state index is 0.291. The van der Waals surface area contributed by atoms with Gasteiger partial charge >= 0.3 is 0 Å². The van der Waals surface area contributed by atoms with Crippen molar-refractivity contribution in [2.24, 2.45) is 0 Å². The number of ether oxygens (including phenoxy) is 1. The van der Waals surface area contributed by atoms with Gasteiger partial charge in [-0.25, -0.2) is 0 Å². The Labute approximate surface area is 99.8 Å². The van der Waals surface area contributed by atoms with Gasteiger partial charge in [-0.3, -0.25) is 4.90 Å². The van der Waals surface area contributed by atoms with Crippen LogP contribution in [0.1, 0.15) is 26.7 Å². The van der Waals surface area contributed by atoms with Gasteiger partial charge in [0.15, 0.2) is 0 Å². The lowest BCUT2D eigenvalue weighted by Crippen LogP contribution is -2.58. The van der Waals surface area contributed by atoms with Crippen molar-refractivity contribution < 1.29 is 4.74 Å². The summed E-state index contributed by atoms with van der Waals surface area (Å²) in [6.45, 7) is 14.3. The van der Waals surface area contributed by atoms with Crippen molar-refractivity contribution in [3.8, 4) is 0 Å². The van der Waals surface area contributed by atoms with Gasteiger partial charge in [0, 0.05) is 31.7 Å². The van der Waals surface area contributed by atoms with Crippen LogP contribution in [0.4, 0.5) is 0 Å². The minimum Gasteiger partial charge on any atom is -0.380 e. The molecule has 1 unspecified atom stereocenters. The van der Waals surface area contributed by atoms with Crippen molar-refractivity contribution in [3.63, 3.8) is 0 Å². The van der Waals surface area contributed by atoms with Gasteiger partial charge < -0.3 is 10.1 Å². The van der Waals surface area contributed by atoms with Crippen LogP contribution in [0.5, 0.6) is 0 Å². The Morgan fingerprint density at radius 2 is 2.31 bits per heavy atom. The molecule has 16 heavy (non-hydrogen) atoms. The lowest BCUT2D eigenvalue weighted by atomic mass is 9.96. The average Bonchev–Trinajstić information content (AvgIpc) is 2.29. The highest BCUT2D eigenvalue weighted by atomic mass is 16.5. The molecule has 0 spiro atoms. The predicted octanol–water partition coefficient (Wildman–Crippen LogP) is 1.65. The molecule has 0 aromatic rings. The highest BCUT2D eigenvalue weighted by molar-refractivity contribution is 4.89. The zero-order valence-corrected chi connectivity index (χ0v) is 10.8. The molecule has 0 aromatic heterocycles. The zero-order valence-electron chi connectivity index (χ0n) is 10.8. The fourth-order valence-electron chi connectivity index (χ4n) is 2.03. The number of nitrogens with zero attached hydrogens (tertiary/aromatic N) is 1. The molecule has 3 heteroatoms. The Bertz CT molecular complexity index is 208. The van der Waals surface area contributed by atoms with E-state index in [2.05, 4.69) is 30.6 Å². The van der Waals surface area contributed by atoms with Gasteiger partial charge in [0.25, 0.3) is 0 Å². The molecule has 94 valence electrons. The van der Waals surface area contributed by atoms with E-state index in [0.717, 1.165) is 45.8 Å². The molecular formula is C13H26N2O. The van der Waals surface area contributed by atoms with E-state index in [9.17, 15) is 0 Å². The Hall–Kier alpha value is -0.380. The van der Waals surface area contributed by atoms with Crippen LogP contribution in [0.3, 0.4) is 0 Å². The van der Waals surface area contributed by atoms with E-state index in [-0.39, 0.29) is 0 Å². The highest BCUT2D eigenvalue weighted by Crippen LogP contribution is 2.14. The topological polar surface area (TPSA) is 24.5 Å². The van der Waals surface area contributed by atoms with Crippen LogP contribution >= 0.6 is 0 Å². The van der Waals surface area contributed by atoms with Crippen molar-refractivity contribution >= 4 is 0 Å². The molecule has 0 aromatic carbocycles. The van der Waals surface area contributed by atoms with Crippen LogP contribution in [0, 0.1) is 0 Å². The fraction of sp³-hybridized carbons (Fsp3) is 0.846. The Morgan fingerprint density at radius 3 is 3.00 bits per heavy atom. The second kappa shape index (κ2) is 7.05. The van der Waals surface area contributed by atoms with E-state index in [1.165, 1.54) is 6.42 Å². The number of nitrogens with one attached hydrogen (secondary N) is 1. The summed E-state index contributed by atoms with van der Waals surface area (Å²) in [6.07, 6.45) is 4.04. The summed E-state index contributed by atoms with van der Waals surface area (Å²) in [6, 6.07) is 0. The summed E-state index contributed by atoms with van der Waals surface area (Å²) < 4.78 is 5.55. The maximum Gasteiger partial charge on any atom is 0.0593 e. The summed E-state index contributed by atoms with van der Waals surface area (Å²) in [5.74, 6) is 0. The van der Waals surface area contributed by atoms with Gasteiger partial charge in [-0.2, -0.15) is 0 Å². The first-order valence-electron chi connectivity index (χ1n) is 6.36. The molecule has 0 bridgehead atoms. The van der Waals surface area contributed by atoms with Gasteiger partial charge in [-0.15, -0.1) is 6.58 Å². The van der Waals surface area contributed by atoms with E-state index < -0.39 is 0 Å². The van der Waals surface area contributed by atoms with Crippen LogP contribution < -0.4 is 5.32 Å². The molecule has 3 nitrogen and oxygen atoms in total. The number of hydrogen-bond donors (Lipinski definition) is 1. The molecule has 0 amide bonds. The normalized spacial score (nSPS) is 26.9. The molecule has 0 radical (unpaired) electrons. The molecule has 1 atom stereocenters. The van der Waals surface area contributed by atoms with Crippen molar-refractivity contribution in [1.29, 1.82) is 0 Å². The molecule has 1 heterocycles. The number of rotatable bonds is 7. The van der Waals surface area contributed by atoms with Crippen molar-refractivity contribution in [1.82, 2.24) is 10.2 Å². The summed E-state index contributed by atoms with van der Waals surface area (Å²) in [4.78, 5) is 2.49. The maximum atomic E-state index is 5.55. The monoisotopic (exact) mass is 226 g/mol. The largest absolute Gasteiger partial charge is 0.380 e. The molecule has 1 fully saturated rings. The first-order valence-corrected chi connectivity index (χ1v) is 6.36. The molecule has 1 rings (SSSR count). The van der Waals surface area contributed by atoms with Gasteiger partial charge in [-0.05, 0) is 19.8 Å². The van der Waals surface area contributed by atoms with Crippen LogP contribution in [-0.4, -0.2) is 49.8 Å². The molecule has 1 N–H and O–H groups in total. The molecule has 1 saturated heterocycles. The Balaban J connectivity index is 2.14. The molecule has 0 saturated carbocycles. The third kappa shape index (κ3) is 4.64. The lowest BCUT2D eigenvalue weighted by Gasteiger charge is -2.41. The quantitative estimate of drug-likeness (QED) is 0.528. The average molecular weight is 226 g/mol. The van der Waals surface area contributed by atoms with E-state index in [1.54, 1.807) is 0 Å². The highest BCUT2D eigenvalue weighted by Gasteiger charge is 2.28. The van der Waals surface area contributed by atoms with Crippen molar-refractivity contribution in [2.75, 3.05) is 39.4 Å².